The summed E-state index contributed by atoms with van der Waals surface area (Å²) in [5.41, 5.74) is 2.27. The van der Waals surface area contributed by atoms with Crippen LogP contribution >= 0.6 is 0 Å². The maximum Gasteiger partial charge on any atom is 0.102 e. The van der Waals surface area contributed by atoms with E-state index in [2.05, 4.69) is 37.8 Å². The van der Waals surface area contributed by atoms with Crippen LogP contribution in [0.25, 0.3) is 0 Å². The smallest absolute Gasteiger partial charge is 0.102 e. The molecule has 0 radical (unpaired) electrons. The van der Waals surface area contributed by atoms with Gasteiger partial charge in [-0.3, -0.25) is 0 Å². The molecule has 0 bridgehead atoms. The largest absolute Gasteiger partial charge is 0.393 e. The molecule has 0 amide bonds. The van der Waals surface area contributed by atoms with Crippen molar-refractivity contribution in [3.05, 3.63) is 35.4 Å². The Kier molecular flexibility index (Phi) is 7.27. The maximum atomic E-state index is 9.93. The monoisotopic (exact) mass is 333 g/mol. The molecule has 0 aliphatic carbocycles. The van der Waals surface area contributed by atoms with E-state index in [4.69, 9.17) is 0 Å². The second kappa shape index (κ2) is 8.98. The summed E-state index contributed by atoms with van der Waals surface area (Å²) in [5, 5.41) is 19.1. The topological polar surface area (TPSA) is 43.7 Å². The first-order valence-electron chi connectivity index (χ1n) is 9.63. The first kappa shape index (κ1) is 19.4. The van der Waals surface area contributed by atoms with Crippen LogP contribution in [-0.2, 0) is 5.41 Å². The van der Waals surface area contributed by atoms with E-state index in [9.17, 15) is 10.2 Å². The summed E-state index contributed by atoms with van der Waals surface area (Å²) >= 11 is 0. The lowest BCUT2D eigenvalue weighted by molar-refractivity contribution is 0.0943. The van der Waals surface area contributed by atoms with Crippen LogP contribution in [0.1, 0.15) is 70.1 Å². The molecule has 1 heterocycles. The molecule has 1 aliphatic heterocycles. The lowest BCUT2D eigenvalue weighted by Gasteiger charge is -2.45. The highest BCUT2D eigenvalue weighted by Crippen LogP contribution is 2.40. The average Bonchev–Trinajstić information content (AvgIpc) is 2.61. The van der Waals surface area contributed by atoms with Gasteiger partial charge in [0.25, 0.3) is 0 Å². The fourth-order valence-corrected chi connectivity index (χ4v) is 3.92. The lowest BCUT2D eigenvalue weighted by Crippen LogP contribution is -2.47. The number of hydrogen-bond donors (Lipinski definition) is 2. The van der Waals surface area contributed by atoms with Gasteiger partial charge in [0.1, 0.15) is 6.10 Å². The van der Waals surface area contributed by atoms with Crippen molar-refractivity contribution in [2.75, 3.05) is 26.2 Å². The molecular formula is C21H35NO2. The van der Waals surface area contributed by atoms with Crippen LogP contribution in [-0.4, -0.2) is 41.4 Å². The van der Waals surface area contributed by atoms with E-state index in [0.717, 1.165) is 25.1 Å². The lowest BCUT2D eigenvalue weighted by atomic mass is 9.67. The molecular weight excluding hydrogens is 298 g/mol. The van der Waals surface area contributed by atoms with Crippen LogP contribution in [0.5, 0.6) is 0 Å². The van der Waals surface area contributed by atoms with Crippen molar-refractivity contribution in [1.82, 2.24) is 4.90 Å². The highest BCUT2D eigenvalue weighted by molar-refractivity contribution is 5.32. The minimum absolute atomic E-state index is 0.144. The number of hydrogen-bond acceptors (Lipinski definition) is 3. The Balaban J connectivity index is 2.01. The minimum atomic E-state index is -0.775. The highest BCUT2D eigenvalue weighted by atomic mass is 16.3. The van der Waals surface area contributed by atoms with Crippen LogP contribution in [0.4, 0.5) is 0 Å². The molecule has 1 aromatic carbocycles. The average molecular weight is 334 g/mol. The third kappa shape index (κ3) is 4.59. The van der Waals surface area contributed by atoms with Crippen molar-refractivity contribution in [1.29, 1.82) is 0 Å². The van der Waals surface area contributed by atoms with Crippen LogP contribution < -0.4 is 0 Å². The van der Waals surface area contributed by atoms with Gasteiger partial charge in [0.15, 0.2) is 0 Å². The van der Waals surface area contributed by atoms with Gasteiger partial charge in [0.2, 0.25) is 0 Å². The second-order valence-corrected chi connectivity index (χ2v) is 7.75. The predicted molar refractivity (Wildman–Crippen MR) is 100 cm³/mol. The highest BCUT2D eigenvalue weighted by Gasteiger charge is 2.37. The van der Waals surface area contributed by atoms with Gasteiger partial charge in [-0.1, -0.05) is 64.3 Å². The van der Waals surface area contributed by atoms with E-state index >= 15 is 0 Å². The summed E-state index contributed by atoms with van der Waals surface area (Å²) in [6, 6.07) is 8.19. The first-order valence-corrected chi connectivity index (χ1v) is 9.63. The van der Waals surface area contributed by atoms with Gasteiger partial charge in [0, 0.05) is 6.54 Å². The number of nitrogens with zero attached hydrogens (tertiary/aromatic N) is 1. The van der Waals surface area contributed by atoms with Crippen molar-refractivity contribution in [3.8, 4) is 0 Å². The van der Waals surface area contributed by atoms with E-state index < -0.39 is 6.10 Å². The molecule has 3 nitrogen and oxygen atoms in total. The summed E-state index contributed by atoms with van der Waals surface area (Å²) < 4.78 is 0. The van der Waals surface area contributed by atoms with Gasteiger partial charge in [-0.15, -0.1) is 0 Å². The molecule has 0 aromatic heterocycles. The quantitative estimate of drug-likeness (QED) is 0.709. The van der Waals surface area contributed by atoms with Gasteiger partial charge in [0.05, 0.1) is 6.61 Å². The number of piperidine rings is 1. The SMILES string of the molecule is CCCCCCN1CCC(C)(c2cccc(C(O)CO)c2)C(C)C1. The van der Waals surface area contributed by atoms with Gasteiger partial charge in [-0.2, -0.15) is 0 Å². The van der Waals surface area contributed by atoms with E-state index in [1.807, 2.05) is 12.1 Å². The maximum absolute atomic E-state index is 9.93. The molecule has 3 heteroatoms. The Morgan fingerprint density at radius 1 is 1.29 bits per heavy atom. The zero-order chi connectivity index (χ0) is 17.6. The Morgan fingerprint density at radius 3 is 2.75 bits per heavy atom. The van der Waals surface area contributed by atoms with Gasteiger partial charge in [-0.05, 0) is 48.4 Å². The van der Waals surface area contributed by atoms with Gasteiger partial charge in [-0.25, -0.2) is 0 Å². The Morgan fingerprint density at radius 2 is 2.08 bits per heavy atom. The van der Waals surface area contributed by atoms with Crippen LogP contribution in [0.3, 0.4) is 0 Å². The van der Waals surface area contributed by atoms with Gasteiger partial charge >= 0.3 is 0 Å². The standard InChI is InChI=1S/C21H35NO2/c1-4-5-6-7-12-22-13-11-21(3,17(2)15-22)19-10-8-9-18(14-19)20(24)16-23/h8-10,14,17,20,23-24H,4-7,11-13,15-16H2,1-3H3. The van der Waals surface area contributed by atoms with Crippen LogP contribution in [0.2, 0.25) is 0 Å². The molecule has 24 heavy (non-hydrogen) atoms. The summed E-state index contributed by atoms with van der Waals surface area (Å²) in [4.78, 5) is 2.62. The molecule has 2 N–H and O–H groups in total. The zero-order valence-corrected chi connectivity index (χ0v) is 15.7. The zero-order valence-electron chi connectivity index (χ0n) is 15.7. The molecule has 1 aliphatic rings. The molecule has 0 spiro atoms. The number of rotatable bonds is 8. The van der Waals surface area contributed by atoms with E-state index in [1.54, 1.807) is 0 Å². The molecule has 1 aromatic rings. The molecule has 1 saturated heterocycles. The Bertz CT molecular complexity index is 504. The Labute approximate surface area is 147 Å². The fourth-order valence-electron chi connectivity index (χ4n) is 3.92. The number of unbranched alkanes of at least 4 members (excludes halogenated alkanes) is 3. The summed E-state index contributed by atoms with van der Waals surface area (Å²) in [6.07, 6.45) is 5.68. The molecule has 2 rings (SSSR count). The third-order valence-electron chi connectivity index (χ3n) is 6.00. The van der Waals surface area contributed by atoms with E-state index in [0.29, 0.717) is 5.92 Å². The van der Waals surface area contributed by atoms with Crippen LogP contribution in [0.15, 0.2) is 24.3 Å². The van der Waals surface area contributed by atoms with Crippen molar-refractivity contribution >= 4 is 0 Å². The number of likely N-dealkylation sites (tertiary alicyclic amines) is 1. The normalized spacial score (nSPS) is 26.5. The van der Waals surface area contributed by atoms with Crippen molar-refractivity contribution in [3.63, 3.8) is 0 Å². The summed E-state index contributed by atoms with van der Waals surface area (Å²) in [7, 11) is 0. The summed E-state index contributed by atoms with van der Waals surface area (Å²) in [5.74, 6) is 0.582. The molecule has 136 valence electrons. The minimum Gasteiger partial charge on any atom is -0.393 e. The number of benzene rings is 1. The Hall–Kier alpha value is -0.900. The molecule has 3 unspecified atom stereocenters. The number of aliphatic hydroxyl groups excluding tert-OH is 2. The van der Waals surface area contributed by atoms with E-state index in [1.165, 1.54) is 37.8 Å². The van der Waals surface area contributed by atoms with Crippen molar-refractivity contribution < 1.29 is 10.2 Å². The molecule has 1 fully saturated rings. The number of aliphatic hydroxyl groups is 2. The van der Waals surface area contributed by atoms with Gasteiger partial charge < -0.3 is 15.1 Å². The molecule has 3 atom stereocenters. The predicted octanol–water partition coefficient (Wildman–Crippen LogP) is 3.89. The van der Waals surface area contributed by atoms with Crippen molar-refractivity contribution in [2.24, 2.45) is 5.92 Å². The second-order valence-electron chi connectivity index (χ2n) is 7.75. The van der Waals surface area contributed by atoms with Crippen LogP contribution in [0, 0.1) is 5.92 Å². The van der Waals surface area contributed by atoms with Crippen molar-refractivity contribution in [2.45, 2.75) is 64.4 Å². The third-order valence-corrected chi connectivity index (χ3v) is 6.00. The first-order chi connectivity index (χ1) is 11.5. The fraction of sp³-hybridized carbons (Fsp3) is 0.714. The molecule has 0 saturated carbocycles. The van der Waals surface area contributed by atoms with E-state index in [-0.39, 0.29) is 12.0 Å². The summed E-state index contributed by atoms with van der Waals surface area (Å²) in [6.45, 7) is 10.3.